The van der Waals surface area contributed by atoms with E-state index in [2.05, 4.69) is 10.6 Å². The van der Waals surface area contributed by atoms with Crippen molar-refractivity contribution in [1.82, 2.24) is 10.6 Å². The van der Waals surface area contributed by atoms with Crippen LogP contribution in [0.5, 0.6) is 0 Å². The van der Waals surface area contributed by atoms with E-state index >= 15 is 0 Å². The minimum atomic E-state index is -4.55. The molecule has 2 rings (SSSR count). The van der Waals surface area contributed by atoms with Gasteiger partial charge in [0.15, 0.2) is 0 Å². The zero-order valence-electron chi connectivity index (χ0n) is 13.9. The number of hydrogen-bond donors (Lipinski definition) is 3. The van der Waals surface area contributed by atoms with Crippen LogP contribution in [0.15, 0.2) is 18.2 Å². The van der Waals surface area contributed by atoms with Crippen molar-refractivity contribution in [2.45, 2.75) is 37.9 Å². The lowest BCUT2D eigenvalue weighted by molar-refractivity contribution is -0.137. The first kappa shape index (κ1) is 20.5. The second-order valence-corrected chi connectivity index (χ2v) is 6.76. The molecule has 0 heterocycles. The van der Waals surface area contributed by atoms with E-state index in [0.717, 1.165) is 37.5 Å². The van der Waals surface area contributed by atoms with Gasteiger partial charge < -0.3 is 15.7 Å². The maximum atomic E-state index is 12.8. The summed E-state index contributed by atoms with van der Waals surface area (Å²) in [5.74, 6) is -1.03. The van der Waals surface area contributed by atoms with E-state index in [-0.39, 0.29) is 29.1 Å². The molecule has 0 aromatic heterocycles. The van der Waals surface area contributed by atoms with Crippen LogP contribution >= 0.6 is 11.6 Å². The van der Waals surface area contributed by atoms with E-state index in [1.807, 2.05) is 0 Å². The van der Waals surface area contributed by atoms with Crippen LogP contribution in [-0.2, 0) is 11.0 Å². The lowest BCUT2D eigenvalue weighted by atomic mass is 9.85. The molecule has 1 aromatic carbocycles. The molecule has 5 nitrogen and oxygen atoms in total. The Bertz CT molecular complexity index is 667. The smallest absolute Gasteiger partial charge is 0.387 e. The molecule has 26 heavy (non-hydrogen) atoms. The Labute approximate surface area is 153 Å². The van der Waals surface area contributed by atoms with E-state index in [0.29, 0.717) is 6.42 Å². The van der Waals surface area contributed by atoms with Crippen LogP contribution in [0.2, 0.25) is 5.02 Å². The number of carbonyl (C=O) groups is 2. The van der Waals surface area contributed by atoms with Gasteiger partial charge >= 0.3 is 6.18 Å². The van der Waals surface area contributed by atoms with E-state index in [1.165, 1.54) is 0 Å². The summed E-state index contributed by atoms with van der Waals surface area (Å²) in [7, 11) is 0. The minimum absolute atomic E-state index is 0.0489. The average Bonchev–Trinajstić information content (AvgIpc) is 2.59. The molecule has 0 bridgehead atoms. The Balaban J connectivity index is 1.95. The van der Waals surface area contributed by atoms with Crippen molar-refractivity contribution in [3.8, 4) is 0 Å². The largest absolute Gasteiger partial charge is 0.416 e. The van der Waals surface area contributed by atoms with Gasteiger partial charge in [-0.3, -0.25) is 9.59 Å². The van der Waals surface area contributed by atoms with Crippen molar-refractivity contribution < 1.29 is 27.9 Å². The van der Waals surface area contributed by atoms with Crippen molar-refractivity contribution in [2.24, 2.45) is 5.92 Å². The molecule has 0 aliphatic heterocycles. The molecule has 9 heteroatoms. The Kier molecular flexibility index (Phi) is 6.88. The van der Waals surface area contributed by atoms with Crippen LogP contribution in [0, 0.1) is 5.92 Å². The number of benzene rings is 1. The predicted octanol–water partition coefficient (Wildman–Crippen LogP) is 2.76. The lowest BCUT2D eigenvalue weighted by Gasteiger charge is -2.29. The van der Waals surface area contributed by atoms with Crippen LogP contribution in [0.25, 0.3) is 0 Å². The predicted molar refractivity (Wildman–Crippen MR) is 89.8 cm³/mol. The third-order valence-electron chi connectivity index (χ3n) is 4.38. The third kappa shape index (κ3) is 5.60. The van der Waals surface area contributed by atoms with E-state index < -0.39 is 30.2 Å². The highest BCUT2D eigenvalue weighted by Crippen LogP contribution is 2.32. The highest BCUT2D eigenvalue weighted by molar-refractivity contribution is 6.33. The maximum absolute atomic E-state index is 12.8. The Morgan fingerprint density at radius 3 is 2.65 bits per heavy atom. The number of carbonyl (C=O) groups excluding carboxylic acids is 2. The number of aliphatic hydroxyl groups is 1. The number of nitrogens with one attached hydrogen (secondary N) is 2. The van der Waals surface area contributed by atoms with E-state index in [9.17, 15) is 22.8 Å². The zero-order chi connectivity index (χ0) is 19.3. The molecular weight excluding hydrogens is 373 g/mol. The van der Waals surface area contributed by atoms with Gasteiger partial charge in [0.25, 0.3) is 5.91 Å². The average molecular weight is 393 g/mol. The summed E-state index contributed by atoms with van der Waals surface area (Å²) >= 11 is 5.86. The lowest BCUT2D eigenvalue weighted by Crippen LogP contribution is -2.42. The monoisotopic (exact) mass is 392 g/mol. The normalized spacial score (nSPS) is 20.5. The third-order valence-corrected chi connectivity index (χ3v) is 4.71. The van der Waals surface area contributed by atoms with Gasteiger partial charge in [-0.15, -0.1) is 0 Å². The number of rotatable bonds is 5. The minimum Gasteiger partial charge on any atom is -0.387 e. The van der Waals surface area contributed by atoms with Gasteiger partial charge in [-0.25, -0.2) is 0 Å². The second-order valence-electron chi connectivity index (χ2n) is 6.36. The number of amides is 2. The summed E-state index contributed by atoms with van der Waals surface area (Å²) in [5, 5.41) is 14.1. The van der Waals surface area contributed by atoms with Gasteiger partial charge in [0.1, 0.15) is 6.61 Å². The molecule has 144 valence electrons. The quantitative estimate of drug-likeness (QED) is 0.721. The van der Waals surface area contributed by atoms with Crippen molar-refractivity contribution in [3.63, 3.8) is 0 Å². The van der Waals surface area contributed by atoms with Crippen LogP contribution in [0.1, 0.15) is 41.6 Å². The molecule has 1 aromatic rings. The summed E-state index contributed by atoms with van der Waals surface area (Å²) in [6.07, 6.45) is -1.46. The van der Waals surface area contributed by atoms with Gasteiger partial charge in [0.2, 0.25) is 5.91 Å². The van der Waals surface area contributed by atoms with Gasteiger partial charge in [-0.05, 0) is 43.4 Å². The topological polar surface area (TPSA) is 78.4 Å². The highest BCUT2D eigenvalue weighted by atomic mass is 35.5. The molecule has 1 saturated carbocycles. The molecule has 2 atom stereocenters. The Morgan fingerprint density at radius 2 is 2.00 bits per heavy atom. The standard InChI is InChI=1S/C17H20ClF3N2O3/c18-14-5-4-11(17(19,20)21)7-13(14)16(26)22-8-10-2-1-3-12(6-10)23-15(25)9-24/h4-5,7,10,12,24H,1-3,6,8-9H2,(H,22,26)(H,23,25)/t10-,12+/m1/s1. The summed E-state index contributed by atoms with van der Waals surface area (Å²) in [6, 6.07) is 2.54. The number of halogens is 4. The second kappa shape index (κ2) is 8.73. The SMILES string of the molecule is O=C(CO)N[C@H]1CCC[C@@H](CNC(=O)c2cc(C(F)(F)F)ccc2Cl)C1. The fourth-order valence-electron chi connectivity index (χ4n) is 3.09. The van der Waals surface area contributed by atoms with Gasteiger partial charge in [-0.1, -0.05) is 18.0 Å². The van der Waals surface area contributed by atoms with Crippen LogP contribution < -0.4 is 10.6 Å². The van der Waals surface area contributed by atoms with Crippen LogP contribution in [0.3, 0.4) is 0 Å². The van der Waals surface area contributed by atoms with Crippen molar-refractivity contribution >= 4 is 23.4 Å². The van der Waals surface area contributed by atoms with Gasteiger partial charge in [0.05, 0.1) is 16.1 Å². The summed E-state index contributed by atoms with van der Waals surface area (Å²) < 4.78 is 38.4. The molecule has 1 fully saturated rings. The first-order valence-corrected chi connectivity index (χ1v) is 8.63. The molecule has 1 aliphatic rings. The summed E-state index contributed by atoms with van der Waals surface area (Å²) in [4.78, 5) is 23.5. The highest BCUT2D eigenvalue weighted by Gasteiger charge is 2.32. The van der Waals surface area contributed by atoms with Crippen molar-refractivity contribution in [3.05, 3.63) is 34.3 Å². The first-order chi connectivity index (χ1) is 12.2. The number of hydrogen-bond acceptors (Lipinski definition) is 3. The summed E-state index contributed by atoms with van der Waals surface area (Å²) in [5.41, 5.74) is -1.15. The van der Waals surface area contributed by atoms with Crippen LogP contribution in [0.4, 0.5) is 13.2 Å². The molecule has 3 N–H and O–H groups in total. The summed E-state index contributed by atoms with van der Waals surface area (Å²) in [6.45, 7) is -0.303. The molecule has 1 aliphatic carbocycles. The van der Waals surface area contributed by atoms with Gasteiger partial charge in [0, 0.05) is 12.6 Å². The zero-order valence-corrected chi connectivity index (χ0v) is 14.7. The van der Waals surface area contributed by atoms with Crippen molar-refractivity contribution in [2.75, 3.05) is 13.2 Å². The van der Waals surface area contributed by atoms with Gasteiger partial charge in [-0.2, -0.15) is 13.2 Å². The first-order valence-electron chi connectivity index (χ1n) is 8.26. The molecular formula is C17H20ClF3N2O3. The van der Waals surface area contributed by atoms with Crippen molar-refractivity contribution in [1.29, 1.82) is 0 Å². The molecule has 2 amide bonds. The van der Waals surface area contributed by atoms with E-state index in [4.69, 9.17) is 16.7 Å². The fourth-order valence-corrected chi connectivity index (χ4v) is 3.29. The van der Waals surface area contributed by atoms with Crippen LogP contribution in [-0.4, -0.2) is 36.1 Å². The number of aliphatic hydroxyl groups excluding tert-OH is 1. The molecule has 0 unspecified atom stereocenters. The van der Waals surface area contributed by atoms with E-state index in [1.54, 1.807) is 0 Å². The number of alkyl halides is 3. The molecule has 0 spiro atoms. The molecule has 0 saturated heterocycles. The fraction of sp³-hybridized carbons (Fsp3) is 0.529. The Morgan fingerprint density at radius 1 is 1.27 bits per heavy atom. The maximum Gasteiger partial charge on any atom is 0.416 e. The Hall–Kier alpha value is -1.80. The molecule has 0 radical (unpaired) electrons.